The van der Waals surface area contributed by atoms with E-state index < -0.39 is 41.0 Å². The van der Waals surface area contributed by atoms with Gasteiger partial charge in [0.1, 0.15) is 0 Å². The van der Waals surface area contributed by atoms with Gasteiger partial charge >= 0.3 is 6.18 Å². The first-order chi connectivity index (χ1) is 9.92. The molecule has 0 fully saturated rings. The molecule has 0 aliphatic heterocycles. The fourth-order valence-corrected chi connectivity index (χ4v) is 1.64. The van der Waals surface area contributed by atoms with Crippen molar-refractivity contribution in [2.45, 2.75) is 59.5 Å². The summed E-state index contributed by atoms with van der Waals surface area (Å²) in [6.07, 6.45) is -6.80. The normalized spacial score (nSPS) is 17.5. The Morgan fingerprint density at radius 1 is 1.11 bits per heavy atom. The summed E-state index contributed by atoms with van der Waals surface area (Å²) in [5, 5.41) is 0. The van der Waals surface area contributed by atoms with Gasteiger partial charge in [-0.2, -0.15) is 13.2 Å². The average Bonchev–Trinajstić information content (AvgIpc) is 2.26. The third-order valence-corrected chi connectivity index (χ3v) is 2.43. The van der Waals surface area contributed by atoms with Crippen molar-refractivity contribution >= 4 is 0 Å². The molecule has 0 aromatic heterocycles. The van der Waals surface area contributed by atoms with E-state index in [1.165, 1.54) is 0 Å². The molecule has 19 heavy (non-hydrogen) atoms. The van der Waals surface area contributed by atoms with Crippen LogP contribution in [0.1, 0.15) is 63.7 Å². The summed E-state index contributed by atoms with van der Waals surface area (Å²) in [5.41, 5.74) is -3.22. The molecule has 0 radical (unpaired) electrons. The number of benzene rings is 1. The predicted octanol–water partition coefficient (Wildman–Crippen LogP) is 5.59. The van der Waals surface area contributed by atoms with Gasteiger partial charge in [0, 0.05) is 2.74 Å². The summed E-state index contributed by atoms with van der Waals surface area (Å²) in [5.74, 6) is 0. The topological polar surface area (TPSA) is 0 Å². The SMILES string of the molecule is [2H]c1cc(C(F)(F)F)c([2H])c(C(C)(C)C)c1C([2H])([2H])C(C)(C)C. The number of halogens is 3. The van der Waals surface area contributed by atoms with Gasteiger partial charge in [0.15, 0.2) is 0 Å². The molecule has 0 aliphatic carbocycles. The van der Waals surface area contributed by atoms with E-state index in [-0.39, 0.29) is 11.1 Å². The zero-order valence-corrected chi connectivity index (χ0v) is 12.2. The zero-order valence-electron chi connectivity index (χ0n) is 16.2. The Kier molecular flexibility index (Phi) is 2.74. The summed E-state index contributed by atoms with van der Waals surface area (Å²) in [6, 6.07) is -0.696. The van der Waals surface area contributed by atoms with Gasteiger partial charge in [-0.05, 0) is 40.4 Å². The summed E-state index contributed by atoms with van der Waals surface area (Å²) < 4.78 is 72.3. The van der Waals surface area contributed by atoms with Crippen LogP contribution in [0.2, 0.25) is 0 Å². The summed E-state index contributed by atoms with van der Waals surface area (Å²) in [7, 11) is 0. The van der Waals surface area contributed by atoms with Crippen LogP contribution in [0, 0.1) is 5.41 Å². The third-order valence-electron chi connectivity index (χ3n) is 2.43. The quantitative estimate of drug-likeness (QED) is 0.627. The summed E-state index contributed by atoms with van der Waals surface area (Å²) in [4.78, 5) is 0. The van der Waals surface area contributed by atoms with Crippen LogP contribution in [0.5, 0.6) is 0 Å². The number of alkyl halides is 3. The Balaban J connectivity index is 3.98. The first-order valence-electron chi connectivity index (χ1n) is 8.14. The van der Waals surface area contributed by atoms with Gasteiger partial charge in [0.05, 0.1) is 8.30 Å². The minimum Gasteiger partial charge on any atom is -0.166 e. The molecule has 0 saturated carbocycles. The molecule has 0 atom stereocenters. The minimum atomic E-state index is -4.75. The second-order valence-electron chi connectivity index (χ2n) is 6.70. The van der Waals surface area contributed by atoms with Crippen molar-refractivity contribution in [3.63, 3.8) is 0 Å². The zero-order chi connectivity index (χ0) is 18.6. The lowest BCUT2D eigenvalue weighted by molar-refractivity contribution is -0.137. The standard InChI is InChI=1S/C16H23F3/c1-14(2,3)10-11-7-8-12(16(17,18)19)9-13(11)15(4,5)6/h7-9H,10H2,1-6H3/i7D,9D,10D2. The first kappa shape index (κ1) is 10.8. The lowest BCUT2D eigenvalue weighted by Crippen LogP contribution is -2.20. The van der Waals surface area contributed by atoms with E-state index >= 15 is 0 Å². The van der Waals surface area contributed by atoms with Crippen LogP contribution in [0.4, 0.5) is 13.2 Å². The molecule has 0 amide bonds. The molecule has 0 N–H and O–H groups in total. The van der Waals surface area contributed by atoms with Crippen molar-refractivity contribution in [3.8, 4) is 0 Å². The number of hydrogen-bond acceptors (Lipinski definition) is 0. The maximum Gasteiger partial charge on any atom is 0.416 e. The van der Waals surface area contributed by atoms with Crippen LogP contribution in [0.25, 0.3) is 0 Å². The highest BCUT2D eigenvalue weighted by Crippen LogP contribution is 2.36. The lowest BCUT2D eigenvalue weighted by atomic mass is 9.78. The largest absolute Gasteiger partial charge is 0.416 e. The molecule has 1 rings (SSSR count). The molecule has 3 heteroatoms. The first-order valence-corrected chi connectivity index (χ1v) is 6.14. The van der Waals surface area contributed by atoms with Crippen LogP contribution in [0.15, 0.2) is 18.2 Å². The van der Waals surface area contributed by atoms with E-state index in [1.807, 2.05) is 0 Å². The highest BCUT2D eigenvalue weighted by atomic mass is 19.4. The van der Waals surface area contributed by atoms with E-state index in [2.05, 4.69) is 0 Å². The third kappa shape index (κ3) is 4.55. The van der Waals surface area contributed by atoms with E-state index in [9.17, 15) is 13.2 Å². The van der Waals surface area contributed by atoms with E-state index in [0.717, 1.165) is 0 Å². The Bertz CT molecular complexity index is 606. The van der Waals surface area contributed by atoms with Gasteiger partial charge in [0.25, 0.3) is 0 Å². The second-order valence-corrected chi connectivity index (χ2v) is 6.70. The van der Waals surface area contributed by atoms with Gasteiger partial charge in [-0.1, -0.05) is 47.6 Å². The maximum atomic E-state index is 13.2. The fraction of sp³-hybridized carbons (Fsp3) is 0.625. The minimum absolute atomic E-state index is 0.0581. The maximum absolute atomic E-state index is 13.2. The Hall–Kier alpha value is -0.990. The van der Waals surface area contributed by atoms with Gasteiger partial charge < -0.3 is 0 Å². The smallest absolute Gasteiger partial charge is 0.166 e. The Morgan fingerprint density at radius 3 is 2.00 bits per heavy atom. The van der Waals surface area contributed by atoms with Crippen LogP contribution in [-0.2, 0) is 18.0 Å². The van der Waals surface area contributed by atoms with Crippen molar-refractivity contribution in [1.29, 1.82) is 0 Å². The van der Waals surface area contributed by atoms with Crippen molar-refractivity contribution in [3.05, 3.63) is 34.8 Å². The molecule has 0 spiro atoms. The van der Waals surface area contributed by atoms with E-state index in [4.69, 9.17) is 5.48 Å². The van der Waals surface area contributed by atoms with Crippen molar-refractivity contribution < 1.29 is 18.7 Å². The van der Waals surface area contributed by atoms with E-state index in [1.54, 1.807) is 41.5 Å². The van der Waals surface area contributed by atoms with Gasteiger partial charge in [-0.15, -0.1) is 0 Å². The number of rotatable bonds is 1. The lowest BCUT2D eigenvalue weighted by Gasteiger charge is -2.28. The molecule has 0 saturated heterocycles. The Morgan fingerprint density at radius 2 is 1.63 bits per heavy atom. The molecular formula is C16H23F3. The van der Waals surface area contributed by atoms with Crippen LogP contribution in [0.3, 0.4) is 0 Å². The molecule has 0 aliphatic rings. The van der Waals surface area contributed by atoms with Crippen molar-refractivity contribution in [2.75, 3.05) is 0 Å². The Labute approximate surface area is 119 Å². The summed E-state index contributed by atoms with van der Waals surface area (Å²) >= 11 is 0. The highest BCUT2D eigenvalue weighted by Gasteiger charge is 2.32. The summed E-state index contributed by atoms with van der Waals surface area (Å²) in [6.45, 7) is 9.76. The molecule has 0 bridgehead atoms. The average molecular weight is 276 g/mol. The molecule has 0 heterocycles. The van der Waals surface area contributed by atoms with Gasteiger partial charge in [-0.3, -0.25) is 0 Å². The molecule has 0 unspecified atom stereocenters. The van der Waals surface area contributed by atoms with Gasteiger partial charge in [0.2, 0.25) is 0 Å². The highest BCUT2D eigenvalue weighted by molar-refractivity contribution is 5.38. The molecule has 1 aromatic carbocycles. The van der Waals surface area contributed by atoms with Crippen molar-refractivity contribution in [1.82, 2.24) is 0 Å². The van der Waals surface area contributed by atoms with Crippen molar-refractivity contribution in [2.24, 2.45) is 5.41 Å². The van der Waals surface area contributed by atoms with Gasteiger partial charge in [-0.25, -0.2) is 0 Å². The van der Waals surface area contributed by atoms with Crippen LogP contribution in [-0.4, -0.2) is 0 Å². The second kappa shape index (κ2) is 4.84. The van der Waals surface area contributed by atoms with E-state index in [0.29, 0.717) is 6.07 Å². The predicted molar refractivity (Wildman–Crippen MR) is 73.3 cm³/mol. The fourth-order valence-electron chi connectivity index (χ4n) is 1.64. The van der Waals surface area contributed by atoms with Crippen LogP contribution < -0.4 is 0 Å². The monoisotopic (exact) mass is 276 g/mol. The van der Waals surface area contributed by atoms with Crippen LogP contribution >= 0.6 is 0 Å². The molecular weight excluding hydrogens is 249 g/mol. The molecule has 108 valence electrons. The molecule has 0 nitrogen and oxygen atoms in total. The number of hydrogen-bond donors (Lipinski definition) is 0. The molecule has 1 aromatic rings.